The van der Waals surface area contributed by atoms with Crippen LogP contribution < -0.4 is 10.5 Å². The molecular weight excluding hydrogens is 378 g/mol. The minimum absolute atomic E-state index is 0.0501. The zero-order chi connectivity index (χ0) is 20.1. The average Bonchev–Trinajstić information content (AvgIpc) is 2.69. The molecule has 0 atom stereocenters. The second-order valence-corrected chi connectivity index (χ2v) is 7.77. The molecule has 0 radical (unpaired) electrons. The lowest BCUT2D eigenvalue weighted by atomic mass is 9.91. The first-order chi connectivity index (χ1) is 13.4. The van der Waals surface area contributed by atoms with Gasteiger partial charge in [0.1, 0.15) is 4.90 Å². The number of benzene rings is 3. The van der Waals surface area contributed by atoms with Crippen LogP contribution in [-0.4, -0.2) is 19.9 Å². The molecular formula is C20H19N3O4S. The van der Waals surface area contributed by atoms with Gasteiger partial charge in [-0.05, 0) is 17.2 Å². The minimum Gasteiger partial charge on any atom is -0.383 e. The van der Waals surface area contributed by atoms with Crippen molar-refractivity contribution < 1.29 is 13.3 Å². The Labute approximate surface area is 163 Å². The molecule has 0 heterocycles. The van der Waals surface area contributed by atoms with Gasteiger partial charge in [0.2, 0.25) is 10.0 Å². The Bertz CT molecular complexity index is 1030. The van der Waals surface area contributed by atoms with E-state index in [0.29, 0.717) is 6.54 Å². The van der Waals surface area contributed by atoms with Gasteiger partial charge in [0.15, 0.2) is 0 Å². The number of nitrogens with two attached hydrogens (primary N) is 1. The van der Waals surface area contributed by atoms with Gasteiger partial charge < -0.3 is 5.32 Å². The van der Waals surface area contributed by atoms with Crippen LogP contribution in [0.2, 0.25) is 0 Å². The summed E-state index contributed by atoms with van der Waals surface area (Å²) in [6, 6.07) is 23.2. The Morgan fingerprint density at radius 2 is 1.46 bits per heavy atom. The van der Waals surface area contributed by atoms with Crippen molar-refractivity contribution in [2.45, 2.75) is 10.8 Å². The Hall–Kier alpha value is -3.23. The normalized spacial score (nSPS) is 11.4. The number of sulfonamides is 1. The van der Waals surface area contributed by atoms with E-state index < -0.39 is 14.9 Å². The minimum atomic E-state index is -4.13. The number of anilines is 1. The molecule has 3 N–H and O–H groups in total. The highest BCUT2D eigenvalue weighted by molar-refractivity contribution is 7.89. The maximum absolute atomic E-state index is 11.9. The van der Waals surface area contributed by atoms with Crippen LogP contribution in [0.4, 0.5) is 11.4 Å². The first-order valence-electron chi connectivity index (χ1n) is 8.51. The Balaban J connectivity index is 1.95. The number of nitrogens with one attached hydrogen (secondary N) is 1. The van der Waals surface area contributed by atoms with Crippen LogP contribution in [0.3, 0.4) is 0 Å². The molecule has 0 spiro atoms. The van der Waals surface area contributed by atoms with Crippen molar-refractivity contribution >= 4 is 21.4 Å². The SMILES string of the molecule is NS(=O)(=O)c1cc([N+](=O)[O-])ccc1NCC(c1ccccc1)c1ccccc1. The molecule has 3 aromatic carbocycles. The molecule has 0 aliphatic heterocycles. The lowest BCUT2D eigenvalue weighted by Crippen LogP contribution is -2.19. The zero-order valence-corrected chi connectivity index (χ0v) is 15.7. The van der Waals surface area contributed by atoms with Gasteiger partial charge in [-0.3, -0.25) is 10.1 Å². The third-order valence-electron chi connectivity index (χ3n) is 4.38. The Kier molecular flexibility index (Phi) is 5.72. The Morgan fingerprint density at radius 3 is 1.93 bits per heavy atom. The third kappa shape index (κ3) is 4.54. The van der Waals surface area contributed by atoms with E-state index in [-0.39, 0.29) is 22.2 Å². The monoisotopic (exact) mass is 397 g/mol. The van der Waals surface area contributed by atoms with Crippen molar-refractivity contribution in [2.24, 2.45) is 5.14 Å². The summed E-state index contributed by atoms with van der Waals surface area (Å²) in [4.78, 5) is 10.0. The van der Waals surface area contributed by atoms with Crippen LogP contribution in [0.15, 0.2) is 83.8 Å². The number of hydrogen-bond donors (Lipinski definition) is 2. The predicted octanol–water partition coefficient (Wildman–Crippen LogP) is 3.49. The summed E-state index contributed by atoms with van der Waals surface area (Å²) in [5, 5.41) is 19.3. The van der Waals surface area contributed by atoms with Crippen LogP contribution in [-0.2, 0) is 10.0 Å². The highest BCUT2D eigenvalue weighted by atomic mass is 32.2. The van der Waals surface area contributed by atoms with Crippen LogP contribution in [0.5, 0.6) is 0 Å². The number of non-ortho nitro benzene ring substituents is 1. The van der Waals surface area contributed by atoms with Crippen LogP contribution in [0.1, 0.15) is 17.0 Å². The maximum atomic E-state index is 11.9. The molecule has 3 aromatic rings. The van der Waals surface area contributed by atoms with E-state index in [9.17, 15) is 18.5 Å². The summed E-state index contributed by atoms with van der Waals surface area (Å²) < 4.78 is 23.9. The van der Waals surface area contributed by atoms with Crippen molar-refractivity contribution in [3.05, 3.63) is 100 Å². The second-order valence-electron chi connectivity index (χ2n) is 6.24. The van der Waals surface area contributed by atoms with E-state index in [1.165, 1.54) is 12.1 Å². The van der Waals surface area contributed by atoms with Gasteiger partial charge in [-0.25, -0.2) is 13.6 Å². The summed E-state index contributed by atoms with van der Waals surface area (Å²) in [6.07, 6.45) is 0. The topological polar surface area (TPSA) is 115 Å². The molecule has 0 aliphatic carbocycles. The van der Waals surface area contributed by atoms with Gasteiger partial charge in [0.25, 0.3) is 5.69 Å². The van der Waals surface area contributed by atoms with E-state index in [2.05, 4.69) is 5.32 Å². The molecule has 0 bridgehead atoms. The van der Waals surface area contributed by atoms with Crippen molar-refractivity contribution in [1.29, 1.82) is 0 Å². The average molecular weight is 397 g/mol. The molecule has 3 rings (SSSR count). The van der Waals surface area contributed by atoms with Crippen molar-refractivity contribution in [1.82, 2.24) is 0 Å². The van der Waals surface area contributed by atoms with E-state index in [0.717, 1.165) is 17.2 Å². The van der Waals surface area contributed by atoms with E-state index >= 15 is 0 Å². The van der Waals surface area contributed by atoms with E-state index in [4.69, 9.17) is 5.14 Å². The molecule has 0 fully saturated rings. The van der Waals surface area contributed by atoms with Gasteiger partial charge in [-0.2, -0.15) is 0 Å². The first-order valence-corrected chi connectivity index (χ1v) is 10.1. The second kappa shape index (κ2) is 8.20. The third-order valence-corrected chi connectivity index (χ3v) is 5.33. The molecule has 0 unspecified atom stereocenters. The number of nitro benzene ring substituents is 1. The number of rotatable bonds is 7. The number of nitrogens with zero attached hydrogens (tertiary/aromatic N) is 1. The predicted molar refractivity (Wildman–Crippen MR) is 108 cm³/mol. The molecule has 8 heteroatoms. The lowest BCUT2D eigenvalue weighted by molar-refractivity contribution is -0.385. The zero-order valence-electron chi connectivity index (χ0n) is 14.9. The fourth-order valence-electron chi connectivity index (χ4n) is 3.02. The number of primary sulfonamides is 1. The molecule has 0 aromatic heterocycles. The van der Waals surface area contributed by atoms with Gasteiger partial charge >= 0.3 is 0 Å². The first kappa shape index (κ1) is 19.5. The van der Waals surface area contributed by atoms with E-state index in [1.807, 2.05) is 60.7 Å². The fraction of sp³-hybridized carbons (Fsp3) is 0.100. The standard InChI is InChI=1S/C20H19N3O4S/c21-28(26,27)20-13-17(23(24)25)11-12-19(20)22-14-18(15-7-3-1-4-8-15)16-9-5-2-6-10-16/h1-13,18,22H,14H2,(H2,21,26,27). The number of nitro groups is 1. The highest BCUT2D eigenvalue weighted by Gasteiger charge is 2.20. The van der Waals surface area contributed by atoms with Gasteiger partial charge in [-0.15, -0.1) is 0 Å². The molecule has 0 amide bonds. The molecule has 0 aliphatic rings. The molecule has 0 saturated heterocycles. The molecule has 144 valence electrons. The Morgan fingerprint density at radius 1 is 0.929 bits per heavy atom. The quantitative estimate of drug-likeness (QED) is 0.468. The molecule has 0 saturated carbocycles. The van der Waals surface area contributed by atoms with Gasteiger partial charge in [0.05, 0.1) is 10.6 Å². The summed E-state index contributed by atoms with van der Waals surface area (Å²) in [6.45, 7) is 0.383. The van der Waals surface area contributed by atoms with Gasteiger partial charge in [0, 0.05) is 24.6 Å². The highest BCUT2D eigenvalue weighted by Crippen LogP contribution is 2.29. The van der Waals surface area contributed by atoms with Crippen molar-refractivity contribution in [2.75, 3.05) is 11.9 Å². The molecule has 28 heavy (non-hydrogen) atoms. The smallest absolute Gasteiger partial charge is 0.270 e. The van der Waals surface area contributed by atoms with Crippen LogP contribution in [0, 0.1) is 10.1 Å². The largest absolute Gasteiger partial charge is 0.383 e. The maximum Gasteiger partial charge on any atom is 0.270 e. The summed E-state index contributed by atoms with van der Waals surface area (Å²) in [5.74, 6) is -0.0501. The summed E-state index contributed by atoms with van der Waals surface area (Å²) in [7, 11) is -4.13. The lowest BCUT2D eigenvalue weighted by Gasteiger charge is -2.20. The van der Waals surface area contributed by atoms with E-state index in [1.54, 1.807) is 0 Å². The van der Waals surface area contributed by atoms with Crippen LogP contribution >= 0.6 is 0 Å². The summed E-state index contributed by atoms with van der Waals surface area (Å²) in [5.41, 5.74) is 2.00. The summed E-state index contributed by atoms with van der Waals surface area (Å²) >= 11 is 0. The van der Waals surface area contributed by atoms with Crippen molar-refractivity contribution in [3.63, 3.8) is 0 Å². The van der Waals surface area contributed by atoms with Crippen molar-refractivity contribution in [3.8, 4) is 0 Å². The number of hydrogen-bond acceptors (Lipinski definition) is 5. The van der Waals surface area contributed by atoms with Gasteiger partial charge in [-0.1, -0.05) is 60.7 Å². The molecule has 7 nitrogen and oxygen atoms in total. The van der Waals surface area contributed by atoms with Crippen LogP contribution in [0.25, 0.3) is 0 Å². The fourth-order valence-corrected chi connectivity index (χ4v) is 3.75.